The fraction of sp³-hybridized carbons (Fsp3) is 0.133. The molecule has 0 atom stereocenters. The topological polar surface area (TPSA) is 168 Å². The van der Waals surface area contributed by atoms with E-state index >= 15 is 0 Å². The van der Waals surface area contributed by atoms with Crippen molar-refractivity contribution in [3.05, 3.63) is 43.7 Å². The monoisotopic (exact) mass is 341 g/mol. The van der Waals surface area contributed by atoms with Crippen LogP contribution in [0, 0.1) is 32.8 Å². The SMILES string of the molecule is COc1cc(-c2c(C#N)c(N)[nH]c(=O)c2C#N)c([N+](=O)[O-])cc1OC. The zero-order valence-electron chi connectivity index (χ0n) is 13.1. The lowest BCUT2D eigenvalue weighted by molar-refractivity contribution is -0.384. The number of nitriles is 2. The molecule has 2 rings (SSSR count). The van der Waals surface area contributed by atoms with Crippen molar-refractivity contribution in [3.63, 3.8) is 0 Å². The zero-order chi connectivity index (χ0) is 18.7. The van der Waals surface area contributed by atoms with Gasteiger partial charge in [-0.15, -0.1) is 0 Å². The lowest BCUT2D eigenvalue weighted by Gasteiger charge is -2.13. The lowest BCUT2D eigenvalue weighted by Crippen LogP contribution is -2.16. The summed E-state index contributed by atoms with van der Waals surface area (Å²) >= 11 is 0. The summed E-state index contributed by atoms with van der Waals surface area (Å²) in [5, 5.41) is 30.1. The van der Waals surface area contributed by atoms with E-state index < -0.39 is 21.7 Å². The molecule has 0 amide bonds. The molecule has 1 aromatic carbocycles. The Morgan fingerprint density at radius 1 is 1.16 bits per heavy atom. The Balaban J connectivity index is 3.06. The van der Waals surface area contributed by atoms with Crippen molar-refractivity contribution in [3.8, 4) is 34.8 Å². The number of anilines is 1. The predicted octanol–water partition coefficient (Wildman–Crippen LogP) is 1.29. The number of nitrogen functional groups attached to an aromatic ring is 1. The number of nitrogens with zero attached hydrogens (tertiary/aromatic N) is 3. The van der Waals surface area contributed by atoms with Crippen molar-refractivity contribution in [1.82, 2.24) is 4.98 Å². The number of nitrogens with one attached hydrogen (secondary N) is 1. The largest absolute Gasteiger partial charge is 0.493 e. The van der Waals surface area contributed by atoms with Crippen LogP contribution in [0.5, 0.6) is 11.5 Å². The summed E-state index contributed by atoms with van der Waals surface area (Å²) in [5.74, 6) is -0.104. The molecule has 0 bridgehead atoms. The number of benzene rings is 1. The van der Waals surface area contributed by atoms with Crippen LogP contribution in [0.1, 0.15) is 11.1 Å². The van der Waals surface area contributed by atoms with Gasteiger partial charge in [0.05, 0.1) is 30.8 Å². The van der Waals surface area contributed by atoms with E-state index in [1.165, 1.54) is 20.3 Å². The molecule has 126 valence electrons. The van der Waals surface area contributed by atoms with Gasteiger partial charge in [-0.2, -0.15) is 10.5 Å². The first-order valence-corrected chi connectivity index (χ1v) is 6.66. The molecule has 10 nitrogen and oxygen atoms in total. The van der Waals surface area contributed by atoms with Crippen molar-refractivity contribution >= 4 is 11.5 Å². The average Bonchev–Trinajstić information content (AvgIpc) is 2.59. The number of pyridine rings is 1. The van der Waals surface area contributed by atoms with Crippen molar-refractivity contribution in [2.75, 3.05) is 20.0 Å². The number of nitro groups is 1. The number of rotatable bonds is 4. The van der Waals surface area contributed by atoms with Gasteiger partial charge in [-0.05, 0) is 6.07 Å². The van der Waals surface area contributed by atoms with Crippen LogP contribution in [0.25, 0.3) is 11.1 Å². The van der Waals surface area contributed by atoms with Crippen LogP contribution >= 0.6 is 0 Å². The number of ether oxygens (including phenoxy) is 2. The molecular weight excluding hydrogens is 330 g/mol. The maximum absolute atomic E-state index is 12.0. The zero-order valence-corrected chi connectivity index (χ0v) is 13.1. The lowest BCUT2D eigenvalue weighted by atomic mass is 9.95. The van der Waals surface area contributed by atoms with Gasteiger partial charge >= 0.3 is 0 Å². The Labute approximate surface area is 140 Å². The fourth-order valence-corrected chi connectivity index (χ4v) is 2.33. The van der Waals surface area contributed by atoms with E-state index in [1.54, 1.807) is 12.1 Å². The van der Waals surface area contributed by atoms with E-state index in [9.17, 15) is 25.4 Å². The van der Waals surface area contributed by atoms with Gasteiger partial charge in [0.2, 0.25) is 0 Å². The van der Waals surface area contributed by atoms with Crippen LogP contribution in [0.3, 0.4) is 0 Å². The number of nitro benzene ring substituents is 1. The molecule has 0 aliphatic rings. The van der Waals surface area contributed by atoms with Crippen molar-refractivity contribution in [2.45, 2.75) is 0 Å². The summed E-state index contributed by atoms with van der Waals surface area (Å²) in [6.07, 6.45) is 0. The first-order valence-electron chi connectivity index (χ1n) is 6.66. The van der Waals surface area contributed by atoms with Gasteiger partial charge in [-0.25, -0.2) is 0 Å². The van der Waals surface area contributed by atoms with Gasteiger partial charge in [0.15, 0.2) is 11.5 Å². The molecule has 0 saturated carbocycles. The number of aromatic nitrogens is 1. The van der Waals surface area contributed by atoms with Crippen LogP contribution in [0.4, 0.5) is 11.5 Å². The van der Waals surface area contributed by atoms with Gasteiger partial charge in [-0.1, -0.05) is 0 Å². The van der Waals surface area contributed by atoms with E-state index in [-0.39, 0.29) is 34.0 Å². The van der Waals surface area contributed by atoms with Gasteiger partial charge in [0.1, 0.15) is 29.1 Å². The summed E-state index contributed by atoms with van der Waals surface area (Å²) < 4.78 is 10.1. The Hall–Kier alpha value is -4.05. The second kappa shape index (κ2) is 6.60. The molecule has 0 saturated heterocycles. The molecule has 10 heteroatoms. The third-order valence-electron chi connectivity index (χ3n) is 3.44. The number of nitrogens with two attached hydrogens (primary N) is 1. The van der Waals surface area contributed by atoms with E-state index in [4.69, 9.17) is 15.2 Å². The average molecular weight is 341 g/mol. The van der Waals surface area contributed by atoms with Crippen molar-refractivity contribution < 1.29 is 14.4 Å². The minimum atomic E-state index is -0.863. The number of H-pyrrole nitrogens is 1. The van der Waals surface area contributed by atoms with Gasteiger partial charge < -0.3 is 20.2 Å². The number of hydrogen-bond acceptors (Lipinski definition) is 8. The fourth-order valence-electron chi connectivity index (χ4n) is 2.33. The quantitative estimate of drug-likeness (QED) is 0.619. The Bertz CT molecular complexity index is 1010. The Morgan fingerprint density at radius 3 is 2.20 bits per heavy atom. The maximum Gasteiger partial charge on any atom is 0.281 e. The van der Waals surface area contributed by atoms with Crippen molar-refractivity contribution in [1.29, 1.82) is 10.5 Å². The normalized spacial score (nSPS) is 9.76. The Kier molecular flexibility index (Phi) is 4.57. The summed E-state index contributed by atoms with van der Waals surface area (Å²) in [4.78, 5) is 24.9. The first-order chi connectivity index (χ1) is 11.9. The van der Waals surface area contributed by atoms with E-state index in [0.717, 1.165) is 6.07 Å². The highest BCUT2D eigenvalue weighted by molar-refractivity contribution is 5.86. The van der Waals surface area contributed by atoms with Crippen molar-refractivity contribution in [2.24, 2.45) is 0 Å². The molecule has 0 fully saturated rings. The first kappa shape index (κ1) is 17.3. The highest BCUT2D eigenvalue weighted by Crippen LogP contribution is 2.42. The molecule has 0 aliphatic heterocycles. The van der Waals surface area contributed by atoms with Crippen LogP contribution in [-0.2, 0) is 0 Å². The molecule has 0 spiro atoms. The molecule has 25 heavy (non-hydrogen) atoms. The second-order valence-electron chi connectivity index (χ2n) is 4.70. The minimum Gasteiger partial charge on any atom is -0.493 e. The minimum absolute atomic E-state index is 0.0766. The van der Waals surface area contributed by atoms with E-state index in [0.29, 0.717) is 0 Å². The third kappa shape index (κ3) is 2.80. The highest BCUT2D eigenvalue weighted by atomic mass is 16.6. The summed E-state index contributed by atoms with van der Waals surface area (Å²) in [6, 6.07) is 5.70. The van der Waals surface area contributed by atoms with Gasteiger partial charge in [-0.3, -0.25) is 14.9 Å². The number of methoxy groups -OCH3 is 2. The van der Waals surface area contributed by atoms with Gasteiger partial charge in [0, 0.05) is 5.56 Å². The van der Waals surface area contributed by atoms with E-state index in [2.05, 4.69) is 4.98 Å². The molecule has 0 radical (unpaired) electrons. The molecule has 0 unspecified atom stereocenters. The number of aromatic amines is 1. The summed E-state index contributed by atoms with van der Waals surface area (Å²) in [6.45, 7) is 0. The van der Waals surface area contributed by atoms with Crippen LogP contribution in [0.15, 0.2) is 16.9 Å². The molecule has 0 aliphatic carbocycles. The smallest absolute Gasteiger partial charge is 0.281 e. The maximum atomic E-state index is 12.0. The number of hydrogen-bond donors (Lipinski definition) is 2. The summed E-state index contributed by atoms with van der Waals surface area (Å²) in [7, 11) is 2.61. The van der Waals surface area contributed by atoms with Crippen LogP contribution in [0.2, 0.25) is 0 Å². The Morgan fingerprint density at radius 2 is 1.72 bits per heavy atom. The van der Waals surface area contributed by atoms with E-state index in [1.807, 2.05) is 0 Å². The van der Waals surface area contributed by atoms with Crippen LogP contribution in [-0.4, -0.2) is 24.1 Å². The third-order valence-corrected chi connectivity index (χ3v) is 3.44. The van der Waals surface area contributed by atoms with Crippen LogP contribution < -0.4 is 20.8 Å². The highest BCUT2D eigenvalue weighted by Gasteiger charge is 2.27. The molecule has 1 heterocycles. The molecular formula is C15H11N5O5. The predicted molar refractivity (Wildman–Crippen MR) is 86.1 cm³/mol. The second-order valence-corrected chi connectivity index (χ2v) is 4.70. The molecule has 1 aromatic heterocycles. The molecule has 3 N–H and O–H groups in total. The van der Waals surface area contributed by atoms with Gasteiger partial charge in [0.25, 0.3) is 11.2 Å². The summed E-state index contributed by atoms with van der Waals surface area (Å²) in [5.41, 5.74) is 3.17. The molecule has 2 aromatic rings. The standard InChI is InChI=1S/C15H11N5O5/c1-24-11-3-7(10(20(22)23)4-12(11)25-2)13-8(5-16)14(18)19-15(21)9(13)6-17/h3-4H,1-2H3,(H3,18,19,21).